The molecule has 5 aromatic carbocycles. The minimum atomic E-state index is 0. The first-order valence-electron chi connectivity index (χ1n) is 16.2. The average molecular weight is 826 g/mol. The zero-order valence-electron chi connectivity index (χ0n) is 27.3. The van der Waals surface area contributed by atoms with Gasteiger partial charge in [0, 0.05) is 69.0 Å². The van der Waals surface area contributed by atoms with Crippen molar-refractivity contribution in [3.63, 3.8) is 0 Å². The third-order valence-corrected chi connectivity index (χ3v) is 10.4. The van der Waals surface area contributed by atoms with Crippen LogP contribution in [0.15, 0.2) is 134 Å². The second-order valence-corrected chi connectivity index (χ2v) is 14.4. The SMILES string of the molecule is CC(C)(C)c1cc2c3cc(-c4ccccn4)[c-]cc3n3c4cc5c(cc4c(c1)c23)sc1ccccc15.[Ir].[c-]1ccccc1-c1ccccn1. The number of fused-ring (bicyclic) bond motifs is 9. The van der Waals surface area contributed by atoms with Crippen LogP contribution in [0.5, 0.6) is 0 Å². The van der Waals surface area contributed by atoms with E-state index in [-0.39, 0.29) is 25.5 Å². The van der Waals surface area contributed by atoms with Gasteiger partial charge in [0.1, 0.15) is 0 Å². The Morgan fingerprint density at radius 2 is 1.24 bits per heavy atom. The summed E-state index contributed by atoms with van der Waals surface area (Å²) < 4.78 is 5.16. The summed E-state index contributed by atoms with van der Waals surface area (Å²) in [4.78, 5) is 8.80. The number of nitrogens with zero attached hydrogens (tertiary/aromatic N) is 3. The fraction of sp³-hybridized carbons (Fsp3) is 0.0909. The first-order valence-corrected chi connectivity index (χ1v) is 17.1. The maximum absolute atomic E-state index is 4.59. The van der Waals surface area contributed by atoms with Gasteiger partial charge in [-0.15, -0.1) is 71.0 Å². The summed E-state index contributed by atoms with van der Waals surface area (Å²) in [5.41, 5.74) is 9.19. The molecule has 10 aromatic rings. The van der Waals surface area contributed by atoms with Crippen LogP contribution in [0.25, 0.3) is 80.8 Å². The van der Waals surface area contributed by atoms with Crippen molar-refractivity contribution < 1.29 is 20.1 Å². The van der Waals surface area contributed by atoms with E-state index >= 15 is 0 Å². The maximum atomic E-state index is 4.59. The molecule has 5 heteroatoms. The smallest absolute Gasteiger partial charge is 0.0516 e. The Labute approximate surface area is 302 Å². The molecule has 1 radical (unpaired) electrons. The van der Waals surface area contributed by atoms with Gasteiger partial charge < -0.3 is 14.4 Å². The molecule has 0 atom stereocenters. The summed E-state index contributed by atoms with van der Waals surface area (Å²) in [5.74, 6) is 0. The normalized spacial score (nSPS) is 11.8. The van der Waals surface area contributed by atoms with Crippen LogP contribution < -0.4 is 0 Å². The van der Waals surface area contributed by atoms with Crippen molar-refractivity contribution in [3.8, 4) is 22.5 Å². The number of thiophene rings is 1. The van der Waals surface area contributed by atoms with Gasteiger partial charge in [-0.1, -0.05) is 74.7 Å². The van der Waals surface area contributed by atoms with Crippen LogP contribution in [0.2, 0.25) is 0 Å². The first kappa shape index (κ1) is 31.3. The minimum absolute atomic E-state index is 0. The van der Waals surface area contributed by atoms with Gasteiger partial charge in [-0.2, -0.15) is 0 Å². The van der Waals surface area contributed by atoms with Crippen LogP contribution in [0, 0.1) is 12.1 Å². The van der Waals surface area contributed by atoms with E-state index in [2.05, 4.69) is 114 Å². The molecular weight excluding hydrogens is 795 g/mol. The number of pyridine rings is 2. The van der Waals surface area contributed by atoms with Gasteiger partial charge in [0.25, 0.3) is 0 Å². The maximum Gasteiger partial charge on any atom is 0.0516 e. The van der Waals surface area contributed by atoms with E-state index in [9.17, 15) is 0 Å². The quantitative estimate of drug-likeness (QED) is 0.163. The molecule has 0 spiro atoms. The molecule has 10 rings (SSSR count). The number of rotatable bonds is 2. The largest absolute Gasteiger partial charge is 0.350 e. The first-order chi connectivity index (χ1) is 23.4. The summed E-state index contributed by atoms with van der Waals surface area (Å²) in [7, 11) is 0. The summed E-state index contributed by atoms with van der Waals surface area (Å²) >= 11 is 1.89. The predicted molar refractivity (Wildman–Crippen MR) is 203 cm³/mol. The fourth-order valence-electron chi connectivity index (χ4n) is 6.88. The van der Waals surface area contributed by atoms with Crippen molar-refractivity contribution in [1.82, 2.24) is 14.4 Å². The molecule has 0 unspecified atom stereocenters. The Bertz CT molecular complexity index is 2710. The van der Waals surface area contributed by atoms with Gasteiger partial charge in [0.15, 0.2) is 0 Å². The molecule has 0 aliphatic heterocycles. The summed E-state index contributed by atoms with van der Waals surface area (Å²) in [6.07, 6.45) is 3.64. The third kappa shape index (κ3) is 5.30. The van der Waals surface area contributed by atoms with Gasteiger partial charge in [0.2, 0.25) is 0 Å². The molecule has 0 saturated heterocycles. The molecule has 5 heterocycles. The van der Waals surface area contributed by atoms with Crippen LogP contribution >= 0.6 is 11.3 Å². The van der Waals surface area contributed by atoms with Crippen molar-refractivity contribution in [2.24, 2.45) is 0 Å². The third-order valence-electron chi connectivity index (χ3n) is 9.28. The van der Waals surface area contributed by atoms with E-state index in [1.54, 1.807) is 6.20 Å². The Morgan fingerprint density at radius 1 is 0.571 bits per heavy atom. The van der Waals surface area contributed by atoms with Gasteiger partial charge >= 0.3 is 0 Å². The second kappa shape index (κ2) is 12.2. The fourth-order valence-corrected chi connectivity index (χ4v) is 8.01. The van der Waals surface area contributed by atoms with E-state index in [1.165, 1.54) is 63.8 Å². The molecule has 239 valence electrons. The van der Waals surface area contributed by atoms with Crippen LogP contribution in [-0.2, 0) is 25.5 Å². The summed E-state index contributed by atoms with van der Waals surface area (Å²) in [6, 6.07) is 49.3. The average Bonchev–Trinajstić information content (AvgIpc) is 3.77. The molecule has 0 bridgehead atoms. The number of aromatic nitrogens is 3. The monoisotopic (exact) mass is 826 g/mol. The standard InChI is InChI=1S/C33H23N2S.C11H8N.Ir/c1-33(2,3)20-15-25-22-14-19(27-9-6-7-13-34-27)11-12-28(22)35-29-17-24-21-8-4-5-10-30(21)36-31(24)18-23(29)26(16-20)32(25)35;1-2-6-10(7-3-1)11-8-4-5-9-12-11;/h4-10,12-18H,1-3H3;1-6,8-9H;/q2*-1;. The summed E-state index contributed by atoms with van der Waals surface area (Å²) in [6.45, 7) is 6.91. The molecule has 0 aliphatic rings. The van der Waals surface area contributed by atoms with Crippen LogP contribution in [0.4, 0.5) is 0 Å². The van der Waals surface area contributed by atoms with Crippen molar-refractivity contribution in [3.05, 3.63) is 151 Å². The molecule has 0 N–H and O–H groups in total. The zero-order valence-corrected chi connectivity index (χ0v) is 30.5. The molecule has 3 nitrogen and oxygen atoms in total. The van der Waals surface area contributed by atoms with Crippen molar-refractivity contribution in [1.29, 1.82) is 0 Å². The number of benzene rings is 5. The Kier molecular flexibility index (Phi) is 7.80. The molecule has 0 amide bonds. The Hall–Kier alpha value is -4.93. The number of hydrogen-bond donors (Lipinski definition) is 0. The van der Waals surface area contributed by atoms with Gasteiger partial charge in [-0.3, -0.25) is 0 Å². The summed E-state index contributed by atoms with van der Waals surface area (Å²) in [5, 5.41) is 7.91. The molecule has 49 heavy (non-hydrogen) atoms. The zero-order chi connectivity index (χ0) is 32.4. The molecular formula is C44H31IrN3S-2. The van der Waals surface area contributed by atoms with Crippen molar-refractivity contribution in [2.75, 3.05) is 0 Å². The Morgan fingerprint density at radius 3 is 1.92 bits per heavy atom. The van der Waals surface area contributed by atoms with Gasteiger partial charge in [-0.25, -0.2) is 0 Å². The molecule has 5 aromatic heterocycles. The van der Waals surface area contributed by atoms with Crippen molar-refractivity contribution in [2.45, 2.75) is 26.2 Å². The van der Waals surface area contributed by atoms with Crippen molar-refractivity contribution >= 4 is 69.6 Å². The van der Waals surface area contributed by atoms with Crippen LogP contribution in [0.1, 0.15) is 26.3 Å². The topological polar surface area (TPSA) is 30.2 Å². The number of hydrogen-bond acceptors (Lipinski definition) is 3. The predicted octanol–water partition coefficient (Wildman–Crippen LogP) is 11.9. The van der Waals surface area contributed by atoms with E-state index in [1.807, 2.05) is 72.1 Å². The Balaban J connectivity index is 0.000000228. The van der Waals surface area contributed by atoms with Crippen LogP contribution in [0.3, 0.4) is 0 Å². The minimum Gasteiger partial charge on any atom is -0.350 e. The van der Waals surface area contributed by atoms with Gasteiger partial charge in [-0.05, 0) is 69.7 Å². The van der Waals surface area contributed by atoms with E-state index in [0.717, 1.165) is 22.5 Å². The van der Waals surface area contributed by atoms with E-state index < -0.39 is 0 Å². The van der Waals surface area contributed by atoms with E-state index in [0.29, 0.717) is 0 Å². The molecule has 0 aliphatic carbocycles. The molecule has 0 saturated carbocycles. The molecule has 0 fully saturated rings. The van der Waals surface area contributed by atoms with E-state index in [4.69, 9.17) is 0 Å². The van der Waals surface area contributed by atoms with Gasteiger partial charge in [0.05, 0.1) is 5.52 Å². The second-order valence-electron chi connectivity index (χ2n) is 13.3. The van der Waals surface area contributed by atoms with Crippen LogP contribution in [-0.4, -0.2) is 14.4 Å².